The van der Waals surface area contributed by atoms with E-state index < -0.39 is 5.97 Å². The number of carboxylic acid groups (broad SMARTS) is 1. The van der Waals surface area contributed by atoms with E-state index in [9.17, 15) is 4.79 Å². The fourth-order valence-electron chi connectivity index (χ4n) is 2.41. The second kappa shape index (κ2) is 5.60. The maximum atomic E-state index is 10.9. The van der Waals surface area contributed by atoms with Gasteiger partial charge in [-0.3, -0.25) is 9.69 Å². The third kappa shape index (κ3) is 3.51. The number of nitrogens with zero attached hydrogens (tertiary/aromatic N) is 2. The van der Waals surface area contributed by atoms with Gasteiger partial charge in [0.15, 0.2) is 0 Å². The molecule has 0 saturated heterocycles. The molecular formula is C12H18N2O2S. The van der Waals surface area contributed by atoms with E-state index in [1.54, 1.807) is 11.3 Å². The molecule has 1 aromatic rings. The molecule has 1 N–H and O–H groups in total. The zero-order valence-corrected chi connectivity index (χ0v) is 10.9. The van der Waals surface area contributed by atoms with E-state index in [4.69, 9.17) is 5.11 Å². The van der Waals surface area contributed by atoms with Crippen LogP contribution in [0.3, 0.4) is 0 Å². The predicted molar refractivity (Wildman–Crippen MR) is 67.2 cm³/mol. The molecule has 1 aromatic heterocycles. The highest BCUT2D eigenvalue weighted by atomic mass is 32.1. The van der Waals surface area contributed by atoms with E-state index in [2.05, 4.69) is 9.88 Å². The zero-order chi connectivity index (χ0) is 12.3. The van der Waals surface area contributed by atoms with Gasteiger partial charge < -0.3 is 5.11 Å². The average Bonchev–Trinajstić information content (AvgIpc) is 2.87. The first-order chi connectivity index (χ1) is 8.15. The summed E-state index contributed by atoms with van der Waals surface area (Å²) in [6, 6.07) is 0.426. The molecule has 1 heterocycles. The van der Waals surface area contributed by atoms with Crippen molar-refractivity contribution >= 4 is 17.3 Å². The number of rotatable bonds is 5. The third-order valence-electron chi connectivity index (χ3n) is 3.18. The molecule has 94 valence electrons. The summed E-state index contributed by atoms with van der Waals surface area (Å²) >= 11 is 1.62. The van der Waals surface area contributed by atoms with Crippen molar-refractivity contribution in [3.05, 3.63) is 16.1 Å². The van der Waals surface area contributed by atoms with Gasteiger partial charge in [-0.2, -0.15) is 0 Å². The summed E-state index contributed by atoms with van der Waals surface area (Å²) in [5, 5.41) is 12.0. The summed E-state index contributed by atoms with van der Waals surface area (Å²) in [6.45, 7) is 2.77. The predicted octanol–water partition coefficient (Wildman–Crippen LogP) is 2.28. The molecule has 1 saturated carbocycles. The Bertz CT molecular complexity index is 386. The van der Waals surface area contributed by atoms with Gasteiger partial charge in [0.1, 0.15) is 5.01 Å². The van der Waals surface area contributed by atoms with Crippen LogP contribution in [0.25, 0.3) is 0 Å². The number of thiazole rings is 1. The van der Waals surface area contributed by atoms with Crippen LogP contribution in [0.15, 0.2) is 5.38 Å². The number of aromatic nitrogens is 1. The lowest BCUT2D eigenvalue weighted by atomic mass is 10.2. The van der Waals surface area contributed by atoms with Crippen LogP contribution in [-0.4, -0.2) is 33.5 Å². The number of aryl methyl sites for hydroxylation is 1. The maximum absolute atomic E-state index is 10.9. The first-order valence-corrected chi connectivity index (χ1v) is 6.90. The van der Waals surface area contributed by atoms with Crippen molar-refractivity contribution < 1.29 is 9.90 Å². The summed E-state index contributed by atoms with van der Waals surface area (Å²) in [6.07, 6.45) is 4.69. The fraction of sp³-hybridized carbons (Fsp3) is 0.667. The largest absolute Gasteiger partial charge is 0.480 e. The van der Waals surface area contributed by atoms with Gasteiger partial charge in [0.05, 0.1) is 13.1 Å². The van der Waals surface area contributed by atoms with Gasteiger partial charge in [0, 0.05) is 17.1 Å². The summed E-state index contributed by atoms with van der Waals surface area (Å²) in [5.41, 5.74) is 1.02. The van der Waals surface area contributed by atoms with Crippen molar-refractivity contribution in [1.82, 2.24) is 9.88 Å². The standard InChI is InChI=1S/C12H18N2O2S/c1-9-8-17-11(13-9)6-14(7-12(15)16)10-4-2-3-5-10/h8,10H,2-7H2,1H3,(H,15,16). The quantitative estimate of drug-likeness (QED) is 0.876. The number of aliphatic carboxylic acids is 1. The molecule has 0 atom stereocenters. The number of hydrogen-bond acceptors (Lipinski definition) is 4. The number of carboxylic acids is 1. The van der Waals surface area contributed by atoms with E-state index in [0.717, 1.165) is 23.5 Å². The Morgan fingerprint density at radius 1 is 1.59 bits per heavy atom. The Labute approximate surface area is 105 Å². The Kier molecular flexibility index (Phi) is 4.12. The topological polar surface area (TPSA) is 53.4 Å². The van der Waals surface area contributed by atoms with E-state index in [-0.39, 0.29) is 6.54 Å². The first kappa shape index (κ1) is 12.5. The molecule has 2 rings (SSSR count). The lowest BCUT2D eigenvalue weighted by Crippen LogP contribution is -2.36. The van der Waals surface area contributed by atoms with Crippen molar-refractivity contribution in [3.63, 3.8) is 0 Å². The Balaban J connectivity index is 2.01. The molecule has 1 aliphatic rings. The molecule has 5 heteroatoms. The molecule has 0 unspecified atom stereocenters. The van der Waals surface area contributed by atoms with Crippen LogP contribution >= 0.6 is 11.3 Å². The van der Waals surface area contributed by atoms with Gasteiger partial charge in [-0.05, 0) is 19.8 Å². The minimum Gasteiger partial charge on any atom is -0.480 e. The second-order valence-corrected chi connectivity index (χ2v) is 5.56. The number of hydrogen-bond donors (Lipinski definition) is 1. The molecular weight excluding hydrogens is 236 g/mol. The minimum absolute atomic E-state index is 0.128. The molecule has 4 nitrogen and oxygen atoms in total. The van der Waals surface area contributed by atoms with Gasteiger partial charge >= 0.3 is 5.97 Å². The van der Waals surface area contributed by atoms with Gasteiger partial charge in [-0.1, -0.05) is 12.8 Å². The van der Waals surface area contributed by atoms with Crippen LogP contribution in [0.4, 0.5) is 0 Å². The SMILES string of the molecule is Cc1csc(CN(CC(=O)O)C2CCCC2)n1. The smallest absolute Gasteiger partial charge is 0.317 e. The summed E-state index contributed by atoms with van der Waals surface area (Å²) in [5.74, 6) is -0.745. The molecule has 0 bridgehead atoms. The molecule has 17 heavy (non-hydrogen) atoms. The molecule has 0 aliphatic heterocycles. The molecule has 0 amide bonds. The fourth-order valence-corrected chi connectivity index (χ4v) is 3.20. The molecule has 1 fully saturated rings. The van der Waals surface area contributed by atoms with Gasteiger partial charge in [0.25, 0.3) is 0 Å². The Morgan fingerprint density at radius 2 is 2.29 bits per heavy atom. The van der Waals surface area contributed by atoms with Crippen molar-refractivity contribution in [2.45, 2.75) is 45.2 Å². The molecule has 1 aliphatic carbocycles. The lowest BCUT2D eigenvalue weighted by Gasteiger charge is -2.25. The third-order valence-corrected chi connectivity index (χ3v) is 4.14. The summed E-state index contributed by atoms with van der Waals surface area (Å²) in [4.78, 5) is 17.4. The Morgan fingerprint density at radius 3 is 2.82 bits per heavy atom. The van der Waals surface area contributed by atoms with Crippen LogP contribution in [0.1, 0.15) is 36.4 Å². The number of carbonyl (C=O) groups is 1. The maximum Gasteiger partial charge on any atom is 0.317 e. The van der Waals surface area contributed by atoms with E-state index in [1.165, 1.54) is 12.8 Å². The summed E-state index contributed by atoms with van der Waals surface area (Å²) < 4.78 is 0. The highest BCUT2D eigenvalue weighted by Gasteiger charge is 2.24. The van der Waals surface area contributed by atoms with Gasteiger partial charge in [-0.15, -0.1) is 11.3 Å². The minimum atomic E-state index is -0.745. The van der Waals surface area contributed by atoms with Crippen molar-refractivity contribution in [1.29, 1.82) is 0 Å². The van der Waals surface area contributed by atoms with Crippen LogP contribution < -0.4 is 0 Å². The van der Waals surface area contributed by atoms with Crippen molar-refractivity contribution in [2.75, 3.05) is 6.54 Å². The van der Waals surface area contributed by atoms with Crippen LogP contribution in [-0.2, 0) is 11.3 Å². The zero-order valence-electron chi connectivity index (χ0n) is 10.1. The van der Waals surface area contributed by atoms with E-state index in [1.807, 2.05) is 12.3 Å². The van der Waals surface area contributed by atoms with E-state index in [0.29, 0.717) is 12.6 Å². The highest BCUT2D eigenvalue weighted by molar-refractivity contribution is 7.09. The van der Waals surface area contributed by atoms with Crippen LogP contribution in [0, 0.1) is 6.92 Å². The molecule has 0 spiro atoms. The molecule has 0 aromatic carbocycles. The highest BCUT2D eigenvalue weighted by Crippen LogP contribution is 2.25. The van der Waals surface area contributed by atoms with Gasteiger partial charge in [-0.25, -0.2) is 4.98 Å². The normalized spacial score (nSPS) is 16.8. The monoisotopic (exact) mass is 254 g/mol. The van der Waals surface area contributed by atoms with Crippen molar-refractivity contribution in [2.24, 2.45) is 0 Å². The van der Waals surface area contributed by atoms with Gasteiger partial charge in [0.2, 0.25) is 0 Å². The average molecular weight is 254 g/mol. The first-order valence-electron chi connectivity index (χ1n) is 6.02. The molecule has 0 radical (unpaired) electrons. The van der Waals surface area contributed by atoms with Crippen LogP contribution in [0.5, 0.6) is 0 Å². The van der Waals surface area contributed by atoms with Crippen molar-refractivity contribution in [3.8, 4) is 0 Å². The Hall–Kier alpha value is -0.940. The van der Waals surface area contributed by atoms with Crippen LogP contribution in [0.2, 0.25) is 0 Å². The van der Waals surface area contributed by atoms with E-state index >= 15 is 0 Å². The summed E-state index contributed by atoms with van der Waals surface area (Å²) in [7, 11) is 0. The second-order valence-electron chi connectivity index (χ2n) is 4.62. The lowest BCUT2D eigenvalue weighted by molar-refractivity contribution is -0.139.